The predicted molar refractivity (Wildman–Crippen MR) is 54.2 cm³/mol. The molecule has 1 rings (SSSR count). The van der Waals surface area contributed by atoms with Crippen LogP contribution >= 0.6 is 0 Å². The van der Waals surface area contributed by atoms with Crippen molar-refractivity contribution in [1.29, 1.82) is 0 Å². The zero-order valence-electron chi connectivity index (χ0n) is 8.59. The van der Waals surface area contributed by atoms with Gasteiger partial charge in [0.1, 0.15) is 5.82 Å². The summed E-state index contributed by atoms with van der Waals surface area (Å²) < 4.78 is 31.2. The van der Waals surface area contributed by atoms with Gasteiger partial charge in [0.2, 0.25) is 0 Å². The van der Waals surface area contributed by atoms with Crippen molar-refractivity contribution in [3.05, 3.63) is 35.9 Å². The van der Waals surface area contributed by atoms with Crippen LogP contribution < -0.4 is 4.74 Å². The van der Waals surface area contributed by atoms with E-state index in [0.717, 1.165) is 12.1 Å². The van der Waals surface area contributed by atoms with Crippen LogP contribution in [0.2, 0.25) is 0 Å². The zero-order valence-corrected chi connectivity index (χ0v) is 8.59. The third kappa shape index (κ3) is 2.56. The third-order valence-electron chi connectivity index (χ3n) is 1.99. The number of ether oxygens (including phenoxy) is 1. The smallest absolute Gasteiger partial charge is 0.307 e. The summed E-state index contributed by atoms with van der Waals surface area (Å²) >= 11 is 0. The summed E-state index contributed by atoms with van der Waals surface area (Å²) in [6.45, 7) is 3.39. The monoisotopic (exact) mass is 228 g/mol. The van der Waals surface area contributed by atoms with Crippen molar-refractivity contribution in [3.8, 4) is 5.75 Å². The zero-order chi connectivity index (χ0) is 12.3. The van der Waals surface area contributed by atoms with Crippen molar-refractivity contribution < 1.29 is 23.4 Å². The molecule has 0 aliphatic rings. The highest BCUT2D eigenvalue weighted by atomic mass is 19.1. The summed E-state index contributed by atoms with van der Waals surface area (Å²) in [7, 11) is 1.21. The number of carboxylic acid groups (broad SMARTS) is 1. The van der Waals surface area contributed by atoms with Crippen LogP contribution in [0.15, 0.2) is 18.7 Å². The van der Waals surface area contributed by atoms with Crippen molar-refractivity contribution in [1.82, 2.24) is 0 Å². The molecule has 0 bridgehead atoms. The van der Waals surface area contributed by atoms with Gasteiger partial charge in [0.05, 0.1) is 13.5 Å². The van der Waals surface area contributed by atoms with E-state index in [4.69, 9.17) is 5.11 Å². The van der Waals surface area contributed by atoms with E-state index in [1.54, 1.807) is 0 Å². The van der Waals surface area contributed by atoms with E-state index in [0.29, 0.717) is 0 Å². The molecule has 1 N–H and O–H groups in total. The molecular weight excluding hydrogens is 218 g/mol. The van der Waals surface area contributed by atoms with Crippen molar-refractivity contribution in [2.45, 2.75) is 6.42 Å². The molecule has 0 radical (unpaired) electrons. The predicted octanol–water partition coefficient (Wildman–Crippen LogP) is 2.46. The number of methoxy groups -OCH3 is 1. The Balaban J connectivity index is 3.10. The Morgan fingerprint density at radius 3 is 2.56 bits per heavy atom. The molecule has 0 heterocycles. The molecule has 5 heteroatoms. The second-order valence-electron chi connectivity index (χ2n) is 3.14. The molecule has 1 aromatic carbocycles. The van der Waals surface area contributed by atoms with Crippen molar-refractivity contribution in [2.75, 3.05) is 7.11 Å². The quantitative estimate of drug-likeness (QED) is 0.861. The second-order valence-corrected chi connectivity index (χ2v) is 3.14. The fourth-order valence-corrected chi connectivity index (χ4v) is 1.23. The molecule has 3 nitrogen and oxygen atoms in total. The largest absolute Gasteiger partial charge is 0.494 e. The fourth-order valence-electron chi connectivity index (χ4n) is 1.23. The highest BCUT2D eigenvalue weighted by molar-refractivity contribution is 5.83. The maximum atomic E-state index is 13.4. The summed E-state index contributed by atoms with van der Waals surface area (Å²) in [4.78, 5) is 10.4. The molecule has 0 fully saturated rings. The molecule has 86 valence electrons. The van der Waals surface area contributed by atoms with Gasteiger partial charge in [-0.2, -0.15) is 0 Å². The Morgan fingerprint density at radius 1 is 1.44 bits per heavy atom. The van der Waals surface area contributed by atoms with Crippen molar-refractivity contribution in [3.63, 3.8) is 0 Å². The average molecular weight is 228 g/mol. The molecule has 0 aliphatic heterocycles. The van der Waals surface area contributed by atoms with E-state index in [2.05, 4.69) is 11.3 Å². The number of aliphatic carboxylic acids is 1. The first-order valence-electron chi connectivity index (χ1n) is 4.38. The molecular formula is C11H10F2O3. The van der Waals surface area contributed by atoms with Gasteiger partial charge in [-0.25, -0.2) is 8.78 Å². The lowest BCUT2D eigenvalue weighted by molar-refractivity contribution is -0.135. The number of hydrogen-bond acceptors (Lipinski definition) is 2. The summed E-state index contributed by atoms with van der Waals surface area (Å²) in [6.07, 6.45) is -0.442. The molecule has 0 aliphatic carbocycles. The second kappa shape index (κ2) is 4.74. The van der Waals surface area contributed by atoms with Gasteiger partial charge >= 0.3 is 5.97 Å². The van der Waals surface area contributed by atoms with Gasteiger partial charge in [-0.05, 0) is 11.6 Å². The first-order valence-corrected chi connectivity index (χ1v) is 4.38. The molecule has 0 atom stereocenters. The number of carboxylic acids is 1. The summed E-state index contributed by atoms with van der Waals surface area (Å²) in [5, 5.41) is 8.50. The minimum absolute atomic E-state index is 0.00607. The van der Waals surface area contributed by atoms with E-state index in [-0.39, 0.29) is 16.9 Å². The topological polar surface area (TPSA) is 46.5 Å². The van der Waals surface area contributed by atoms with E-state index in [1.807, 2.05) is 0 Å². The van der Waals surface area contributed by atoms with Gasteiger partial charge in [0.25, 0.3) is 0 Å². The van der Waals surface area contributed by atoms with Gasteiger partial charge in [0.15, 0.2) is 11.6 Å². The number of carbonyl (C=O) groups is 1. The van der Waals surface area contributed by atoms with E-state index in [1.165, 1.54) is 7.11 Å². The number of hydrogen-bond donors (Lipinski definition) is 1. The van der Waals surface area contributed by atoms with Gasteiger partial charge in [-0.15, -0.1) is 0 Å². The van der Waals surface area contributed by atoms with Crippen LogP contribution in [0.4, 0.5) is 8.78 Å². The lowest BCUT2D eigenvalue weighted by atomic mass is 10.0. The maximum Gasteiger partial charge on any atom is 0.307 e. The summed E-state index contributed by atoms with van der Waals surface area (Å²) in [6, 6.07) is 1.73. The van der Waals surface area contributed by atoms with Crippen LogP contribution in [0.3, 0.4) is 0 Å². The molecule has 1 aromatic rings. The van der Waals surface area contributed by atoms with Crippen molar-refractivity contribution in [2.24, 2.45) is 0 Å². The standard InChI is InChI=1S/C11H10F2O3/c1-6(3-11(14)15)7-4-9(13)10(16-2)5-8(7)12/h4-5H,1,3H2,2H3,(H,14,15). The van der Waals surface area contributed by atoms with Crippen LogP contribution in [-0.2, 0) is 4.79 Å². The molecule has 0 unspecified atom stereocenters. The first kappa shape index (κ1) is 12.2. The third-order valence-corrected chi connectivity index (χ3v) is 1.99. The normalized spacial score (nSPS) is 9.94. The van der Waals surface area contributed by atoms with E-state index >= 15 is 0 Å². The molecule has 0 saturated carbocycles. The van der Waals surface area contributed by atoms with E-state index in [9.17, 15) is 13.6 Å². The molecule has 0 saturated heterocycles. The Bertz CT molecular complexity index is 441. The van der Waals surface area contributed by atoms with Crippen molar-refractivity contribution >= 4 is 11.5 Å². The average Bonchev–Trinajstić information content (AvgIpc) is 2.19. The SMILES string of the molecule is C=C(CC(=O)O)c1cc(F)c(OC)cc1F. The minimum atomic E-state index is -1.15. The van der Waals surface area contributed by atoms with E-state index < -0.39 is 24.0 Å². The Kier molecular flexibility index (Phi) is 3.60. The summed E-state index contributed by atoms with van der Waals surface area (Å²) in [5.74, 6) is -2.90. The Labute approximate surface area is 91.0 Å². The van der Waals surface area contributed by atoms with Crippen LogP contribution in [0.5, 0.6) is 5.75 Å². The van der Waals surface area contributed by atoms with Crippen LogP contribution in [0.1, 0.15) is 12.0 Å². The Hall–Kier alpha value is -1.91. The van der Waals surface area contributed by atoms with Crippen LogP contribution in [0, 0.1) is 11.6 Å². The summed E-state index contributed by atoms with van der Waals surface area (Å²) in [5.41, 5.74) is -0.146. The number of benzene rings is 1. The molecule has 0 spiro atoms. The Morgan fingerprint density at radius 2 is 2.06 bits per heavy atom. The molecule has 16 heavy (non-hydrogen) atoms. The molecule has 0 aromatic heterocycles. The highest BCUT2D eigenvalue weighted by Gasteiger charge is 2.14. The highest BCUT2D eigenvalue weighted by Crippen LogP contribution is 2.26. The number of halogens is 2. The number of rotatable bonds is 4. The van der Waals surface area contributed by atoms with Gasteiger partial charge < -0.3 is 9.84 Å². The van der Waals surface area contributed by atoms with Gasteiger partial charge in [-0.3, -0.25) is 4.79 Å². The van der Waals surface area contributed by atoms with Crippen LogP contribution in [-0.4, -0.2) is 18.2 Å². The minimum Gasteiger partial charge on any atom is -0.494 e. The fraction of sp³-hybridized carbons (Fsp3) is 0.182. The molecule has 0 amide bonds. The maximum absolute atomic E-state index is 13.4. The van der Waals surface area contributed by atoms with Gasteiger partial charge in [-0.1, -0.05) is 6.58 Å². The first-order chi connectivity index (χ1) is 7.45. The van der Waals surface area contributed by atoms with Gasteiger partial charge in [0, 0.05) is 11.6 Å². The lowest BCUT2D eigenvalue weighted by Crippen LogP contribution is -2.00. The van der Waals surface area contributed by atoms with Crippen LogP contribution in [0.25, 0.3) is 5.57 Å². The lowest BCUT2D eigenvalue weighted by Gasteiger charge is -2.08.